The van der Waals surface area contributed by atoms with Crippen LogP contribution in [0.2, 0.25) is 0 Å². The second-order valence-electron chi connectivity index (χ2n) is 3.54. The third kappa shape index (κ3) is 2.54. The zero-order valence-corrected chi connectivity index (χ0v) is 9.30. The maximum absolute atomic E-state index is 4.29. The summed E-state index contributed by atoms with van der Waals surface area (Å²) >= 11 is 0. The number of fused-ring (bicyclic) bond motifs is 1. The van der Waals surface area contributed by atoms with Crippen LogP contribution in [-0.4, -0.2) is 9.97 Å². The van der Waals surface area contributed by atoms with Crippen molar-refractivity contribution in [2.45, 2.75) is 13.3 Å². The number of nitrogens with zero attached hydrogens (tertiary/aromatic N) is 2. The van der Waals surface area contributed by atoms with Crippen LogP contribution in [0.25, 0.3) is 11.0 Å². The van der Waals surface area contributed by atoms with Crippen molar-refractivity contribution in [3.8, 4) is 0 Å². The fourth-order valence-corrected chi connectivity index (χ4v) is 1.53. The summed E-state index contributed by atoms with van der Waals surface area (Å²) in [6, 6.07) is 6.19. The molecule has 0 amide bonds. The Morgan fingerprint density at radius 2 is 1.88 bits per heavy atom. The predicted octanol–water partition coefficient (Wildman–Crippen LogP) is 3.30. The molecule has 0 saturated heterocycles. The molecule has 0 bridgehead atoms. The molecule has 0 fully saturated rings. The number of rotatable bonds is 3. The molecular weight excluding hydrogens is 196 g/mol. The molecule has 0 atom stereocenters. The Balaban J connectivity index is 2.19. The van der Waals surface area contributed by atoms with Gasteiger partial charge in [0.2, 0.25) is 0 Å². The first-order valence-electron chi connectivity index (χ1n) is 5.37. The van der Waals surface area contributed by atoms with Gasteiger partial charge in [0.25, 0.3) is 0 Å². The lowest BCUT2D eigenvalue weighted by Crippen LogP contribution is -1.85. The van der Waals surface area contributed by atoms with E-state index in [0.29, 0.717) is 0 Å². The second-order valence-corrected chi connectivity index (χ2v) is 3.54. The largest absolute Gasteiger partial charge is 0.253 e. The molecule has 1 aromatic heterocycles. The zero-order chi connectivity index (χ0) is 11.2. The zero-order valence-electron chi connectivity index (χ0n) is 9.30. The van der Waals surface area contributed by atoms with Crippen LogP contribution in [0.1, 0.15) is 12.5 Å². The molecule has 1 heterocycles. The van der Waals surface area contributed by atoms with E-state index in [2.05, 4.69) is 34.3 Å². The molecule has 80 valence electrons. The number of hydrogen-bond donors (Lipinski definition) is 0. The molecule has 0 saturated carbocycles. The Morgan fingerprint density at radius 1 is 1.06 bits per heavy atom. The highest BCUT2D eigenvalue weighted by Crippen LogP contribution is 2.11. The Kier molecular flexibility index (Phi) is 3.44. The van der Waals surface area contributed by atoms with Crippen LogP contribution in [0, 0.1) is 0 Å². The summed E-state index contributed by atoms with van der Waals surface area (Å²) < 4.78 is 0. The normalized spacial score (nSPS) is 11.8. The summed E-state index contributed by atoms with van der Waals surface area (Å²) in [4.78, 5) is 8.53. The topological polar surface area (TPSA) is 25.8 Å². The van der Waals surface area contributed by atoms with Gasteiger partial charge >= 0.3 is 0 Å². The maximum Gasteiger partial charge on any atom is 0.0889 e. The van der Waals surface area contributed by atoms with E-state index in [1.165, 1.54) is 5.56 Å². The van der Waals surface area contributed by atoms with Crippen molar-refractivity contribution in [1.82, 2.24) is 9.97 Å². The van der Waals surface area contributed by atoms with E-state index >= 15 is 0 Å². The molecule has 0 aliphatic carbocycles. The lowest BCUT2D eigenvalue weighted by Gasteiger charge is -1.98. The SMILES string of the molecule is CC=CC=CCc1ccc2nccnc2c1. The molecule has 2 heteroatoms. The molecule has 2 nitrogen and oxygen atoms in total. The first-order chi connectivity index (χ1) is 7.90. The highest BCUT2D eigenvalue weighted by atomic mass is 14.8. The second kappa shape index (κ2) is 5.21. The fourth-order valence-electron chi connectivity index (χ4n) is 1.53. The lowest BCUT2D eigenvalue weighted by atomic mass is 10.1. The molecule has 0 aliphatic heterocycles. The smallest absolute Gasteiger partial charge is 0.0889 e. The van der Waals surface area contributed by atoms with Crippen molar-refractivity contribution in [3.05, 3.63) is 60.5 Å². The summed E-state index contributed by atoms with van der Waals surface area (Å²) in [5.41, 5.74) is 3.16. The molecule has 0 N–H and O–H groups in total. The Bertz CT molecular complexity index is 527. The molecule has 0 spiro atoms. The van der Waals surface area contributed by atoms with Gasteiger partial charge in [-0.3, -0.25) is 9.97 Å². The maximum atomic E-state index is 4.29. The molecule has 16 heavy (non-hydrogen) atoms. The standard InChI is InChI=1S/C14H14N2/c1-2-3-4-5-6-12-7-8-13-14(11-12)16-10-9-15-13/h2-5,7-11H,6H2,1H3. The Morgan fingerprint density at radius 3 is 2.69 bits per heavy atom. The third-order valence-electron chi connectivity index (χ3n) is 2.33. The lowest BCUT2D eigenvalue weighted by molar-refractivity contribution is 1.24. The summed E-state index contributed by atoms with van der Waals surface area (Å²) in [6.07, 6.45) is 12.6. The molecule has 0 unspecified atom stereocenters. The van der Waals surface area contributed by atoms with Gasteiger partial charge in [0.15, 0.2) is 0 Å². The first-order valence-corrected chi connectivity index (χ1v) is 5.37. The Hall–Kier alpha value is -1.96. The average Bonchev–Trinajstić information content (AvgIpc) is 2.34. The van der Waals surface area contributed by atoms with Crippen LogP contribution in [0.4, 0.5) is 0 Å². The van der Waals surface area contributed by atoms with Crippen LogP contribution in [-0.2, 0) is 6.42 Å². The van der Waals surface area contributed by atoms with Gasteiger partial charge in [0.1, 0.15) is 0 Å². The molecule has 1 aromatic carbocycles. The summed E-state index contributed by atoms with van der Waals surface area (Å²) in [6.45, 7) is 2.01. The highest BCUT2D eigenvalue weighted by Gasteiger charge is 1.95. The number of hydrogen-bond acceptors (Lipinski definition) is 2. The summed E-state index contributed by atoms with van der Waals surface area (Å²) in [5.74, 6) is 0. The van der Waals surface area contributed by atoms with Crippen LogP contribution >= 0.6 is 0 Å². The van der Waals surface area contributed by atoms with Crippen molar-refractivity contribution in [1.29, 1.82) is 0 Å². The van der Waals surface area contributed by atoms with E-state index in [9.17, 15) is 0 Å². The van der Waals surface area contributed by atoms with Gasteiger partial charge in [-0.15, -0.1) is 0 Å². The van der Waals surface area contributed by atoms with Crippen molar-refractivity contribution in [2.75, 3.05) is 0 Å². The molecule has 0 radical (unpaired) electrons. The van der Waals surface area contributed by atoms with Crippen molar-refractivity contribution >= 4 is 11.0 Å². The van der Waals surface area contributed by atoms with Crippen LogP contribution in [0.5, 0.6) is 0 Å². The van der Waals surface area contributed by atoms with Crippen LogP contribution in [0.15, 0.2) is 54.9 Å². The monoisotopic (exact) mass is 210 g/mol. The van der Waals surface area contributed by atoms with Crippen LogP contribution in [0.3, 0.4) is 0 Å². The van der Waals surface area contributed by atoms with Gasteiger partial charge in [-0.2, -0.15) is 0 Å². The molecular formula is C14H14N2. The minimum Gasteiger partial charge on any atom is -0.253 e. The minimum atomic E-state index is 0.927. The quantitative estimate of drug-likeness (QED) is 0.726. The summed E-state index contributed by atoms with van der Waals surface area (Å²) in [7, 11) is 0. The summed E-state index contributed by atoms with van der Waals surface area (Å²) in [5, 5.41) is 0. The van der Waals surface area contributed by atoms with Crippen LogP contribution < -0.4 is 0 Å². The average molecular weight is 210 g/mol. The molecule has 2 rings (SSSR count). The van der Waals surface area contributed by atoms with E-state index in [4.69, 9.17) is 0 Å². The van der Waals surface area contributed by atoms with Crippen molar-refractivity contribution in [2.24, 2.45) is 0 Å². The van der Waals surface area contributed by atoms with E-state index in [0.717, 1.165) is 17.5 Å². The predicted molar refractivity (Wildman–Crippen MR) is 67.2 cm³/mol. The number of allylic oxidation sites excluding steroid dienone is 4. The van der Waals surface area contributed by atoms with Gasteiger partial charge < -0.3 is 0 Å². The van der Waals surface area contributed by atoms with Crippen molar-refractivity contribution < 1.29 is 0 Å². The Labute approximate surface area is 95.4 Å². The highest BCUT2D eigenvalue weighted by molar-refractivity contribution is 5.74. The van der Waals surface area contributed by atoms with Gasteiger partial charge in [0, 0.05) is 12.4 Å². The van der Waals surface area contributed by atoms with Crippen molar-refractivity contribution in [3.63, 3.8) is 0 Å². The molecule has 2 aromatic rings. The number of benzene rings is 1. The number of aromatic nitrogens is 2. The van der Waals surface area contributed by atoms with Gasteiger partial charge in [-0.05, 0) is 31.0 Å². The van der Waals surface area contributed by atoms with E-state index in [-0.39, 0.29) is 0 Å². The third-order valence-corrected chi connectivity index (χ3v) is 2.33. The minimum absolute atomic E-state index is 0.927. The van der Waals surface area contributed by atoms with Gasteiger partial charge in [-0.1, -0.05) is 30.4 Å². The van der Waals surface area contributed by atoms with E-state index in [1.54, 1.807) is 12.4 Å². The van der Waals surface area contributed by atoms with E-state index in [1.807, 2.05) is 25.1 Å². The van der Waals surface area contributed by atoms with Gasteiger partial charge in [0.05, 0.1) is 11.0 Å². The first kappa shape index (κ1) is 10.6. The van der Waals surface area contributed by atoms with E-state index < -0.39 is 0 Å². The molecule has 0 aliphatic rings. The van der Waals surface area contributed by atoms with Gasteiger partial charge in [-0.25, -0.2) is 0 Å². The fraction of sp³-hybridized carbons (Fsp3) is 0.143.